The summed E-state index contributed by atoms with van der Waals surface area (Å²) in [4.78, 5) is 15.9. The lowest BCUT2D eigenvalue weighted by molar-refractivity contribution is 0.0187. The molecule has 1 aliphatic rings. The van der Waals surface area contributed by atoms with Crippen molar-refractivity contribution in [1.29, 1.82) is 0 Å². The zero-order chi connectivity index (χ0) is 16.1. The van der Waals surface area contributed by atoms with E-state index in [4.69, 9.17) is 4.74 Å². The number of anilines is 1. The van der Waals surface area contributed by atoms with Crippen LogP contribution < -0.4 is 10.6 Å². The SMILES string of the molecule is O=C(NCC1CCCCO1)Nc1n[nH]c(-c2ccccc2F)n1. The van der Waals surface area contributed by atoms with Crippen LogP contribution in [0, 0.1) is 5.82 Å². The van der Waals surface area contributed by atoms with Gasteiger partial charge in [0, 0.05) is 13.2 Å². The molecular weight excluding hydrogens is 301 g/mol. The molecule has 1 aromatic heterocycles. The first kappa shape index (κ1) is 15.4. The Balaban J connectivity index is 1.54. The Morgan fingerprint density at radius 2 is 2.26 bits per heavy atom. The van der Waals surface area contributed by atoms with E-state index in [1.165, 1.54) is 6.07 Å². The van der Waals surface area contributed by atoms with Crippen molar-refractivity contribution in [3.8, 4) is 11.4 Å². The monoisotopic (exact) mass is 319 g/mol. The van der Waals surface area contributed by atoms with Gasteiger partial charge in [0.05, 0.1) is 11.7 Å². The van der Waals surface area contributed by atoms with Crippen LogP contribution in [0.2, 0.25) is 0 Å². The molecule has 23 heavy (non-hydrogen) atoms. The number of H-pyrrole nitrogens is 1. The Morgan fingerprint density at radius 1 is 1.39 bits per heavy atom. The second kappa shape index (κ2) is 7.19. The average Bonchev–Trinajstić information content (AvgIpc) is 3.02. The maximum absolute atomic E-state index is 13.7. The van der Waals surface area contributed by atoms with Crippen LogP contribution in [0.25, 0.3) is 11.4 Å². The third-order valence-corrected chi connectivity index (χ3v) is 3.60. The molecule has 2 aromatic rings. The van der Waals surface area contributed by atoms with E-state index in [2.05, 4.69) is 25.8 Å². The number of urea groups is 1. The highest BCUT2D eigenvalue weighted by Crippen LogP contribution is 2.19. The summed E-state index contributed by atoms with van der Waals surface area (Å²) in [5.41, 5.74) is 0.295. The molecule has 0 spiro atoms. The van der Waals surface area contributed by atoms with Gasteiger partial charge in [-0.25, -0.2) is 9.18 Å². The predicted octanol–water partition coefficient (Wildman–Crippen LogP) is 2.30. The van der Waals surface area contributed by atoms with Crippen molar-refractivity contribution in [2.24, 2.45) is 0 Å². The smallest absolute Gasteiger partial charge is 0.321 e. The average molecular weight is 319 g/mol. The number of nitrogens with zero attached hydrogens (tertiary/aromatic N) is 2. The first-order valence-corrected chi connectivity index (χ1v) is 7.56. The van der Waals surface area contributed by atoms with Crippen molar-refractivity contribution in [1.82, 2.24) is 20.5 Å². The maximum Gasteiger partial charge on any atom is 0.321 e. The van der Waals surface area contributed by atoms with E-state index in [0.717, 1.165) is 25.9 Å². The lowest BCUT2D eigenvalue weighted by Gasteiger charge is -2.22. The number of aromatic nitrogens is 3. The Morgan fingerprint density at radius 3 is 3.04 bits per heavy atom. The van der Waals surface area contributed by atoms with Crippen LogP contribution in [0.15, 0.2) is 24.3 Å². The molecule has 1 fully saturated rings. The van der Waals surface area contributed by atoms with E-state index in [0.29, 0.717) is 12.1 Å². The number of benzene rings is 1. The number of halogens is 1. The number of amides is 2. The highest BCUT2D eigenvalue weighted by molar-refractivity contribution is 5.87. The third-order valence-electron chi connectivity index (χ3n) is 3.60. The summed E-state index contributed by atoms with van der Waals surface area (Å²) >= 11 is 0. The van der Waals surface area contributed by atoms with Gasteiger partial charge in [0.25, 0.3) is 0 Å². The van der Waals surface area contributed by atoms with Crippen LogP contribution in [-0.4, -0.2) is 40.5 Å². The van der Waals surface area contributed by atoms with Crippen molar-refractivity contribution in [2.75, 3.05) is 18.5 Å². The van der Waals surface area contributed by atoms with Gasteiger partial charge in [0.1, 0.15) is 5.82 Å². The molecular formula is C15H18FN5O2. The van der Waals surface area contributed by atoms with Crippen molar-refractivity contribution in [3.63, 3.8) is 0 Å². The zero-order valence-corrected chi connectivity index (χ0v) is 12.5. The number of hydrogen-bond acceptors (Lipinski definition) is 4. The zero-order valence-electron chi connectivity index (χ0n) is 12.5. The lowest BCUT2D eigenvalue weighted by Crippen LogP contribution is -2.37. The molecule has 1 aliphatic heterocycles. The van der Waals surface area contributed by atoms with E-state index < -0.39 is 11.8 Å². The third kappa shape index (κ3) is 4.04. The van der Waals surface area contributed by atoms with Crippen LogP contribution >= 0.6 is 0 Å². The second-order valence-electron chi connectivity index (χ2n) is 5.31. The van der Waals surface area contributed by atoms with Crippen molar-refractivity contribution in [2.45, 2.75) is 25.4 Å². The van der Waals surface area contributed by atoms with Gasteiger partial charge in [-0.15, -0.1) is 5.10 Å². The summed E-state index contributed by atoms with van der Waals surface area (Å²) < 4.78 is 19.2. The number of carbonyl (C=O) groups is 1. The first-order chi connectivity index (χ1) is 11.2. The van der Waals surface area contributed by atoms with Gasteiger partial charge in [0.15, 0.2) is 5.82 Å². The van der Waals surface area contributed by atoms with E-state index >= 15 is 0 Å². The van der Waals surface area contributed by atoms with Crippen molar-refractivity contribution in [3.05, 3.63) is 30.1 Å². The van der Waals surface area contributed by atoms with Crippen LogP contribution in [0.4, 0.5) is 15.1 Å². The topological polar surface area (TPSA) is 91.9 Å². The number of aromatic amines is 1. The predicted molar refractivity (Wildman–Crippen MR) is 82.4 cm³/mol. The quantitative estimate of drug-likeness (QED) is 0.806. The lowest BCUT2D eigenvalue weighted by atomic mass is 10.1. The molecule has 1 atom stereocenters. The van der Waals surface area contributed by atoms with E-state index in [1.54, 1.807) is 18.2 Å². The fourth-order valence-electron chi connectivity index (χ4n) is 2.41. The Hall–Kier alpha value is -2.48. The van der Waals surface area contributed by atoms with Crippen LogP contribution in [-0.2, 0) is 4.74 Å². The van der Waals surface area contributed by atoms with Crippen LogP contribution in [0.1, 0.15) is 19.3 Å². The Bertz CT molecular complexity index is 669. The highest BCUT2D eigenvalue weighted by atomic mass is 19.1. The Kier molecular flexibility index (Phi) is 4.82. The number of hydrogen-bond donors (Lipinski definition) is 3. The van der Waals surface area contributed by atoms with Crippen molar-refractivity contribution < 1.29 is 13.9 Å². The molecule has 1 unspecified atom stereocenters. The van der Waals surface area contributed by atoms with Crippen molar-refractivity contribution >= 4 is 12.0 Å². The molecule has 8 heteroatoms. The van der Waals surface area contributed by atoms with E-state index in [1.807, 2.05) is 0 Å². The molecule has 1 aromatic carbocycles. The molecule has 0 radical (unpaired) electrons. The van der Waals surface area contributed by atoms with Gasteiger partial charge in [-0.05, 0) is 31.4 Å². The summed E-state index contributed by atoms with van der Waals surface area (Å²) in [6, 6.07) is 5.79. The Labute approximate surface area is 132 Å². The van der Waals surface area contributed by atoms with Gasteiger partial charge in [0.2, 0.25) is 5.95 Å². The molecule has 7 nitrogen and oxygen atoms in total. The summed E-state index contributed by atoms with van der Waals surface area (Å²) in [6.07, 6.45) is 3.17. The summed E-state index contributed by atoms with van der Waals surface area (Å²) in [5.74, 6) is -0.0616. The molecule has 3 rings (SSSR count). The summed E-state index contributed by atoms with van der Waals surface area (Å²) in [5, 5.41) is 11.7. The minimum absolute atomic E-state index is 0.0515. The molecule has 2 heterocycles. The molecule has 0 aliphatic carbocycles. The van der Waals surface area contributed by atoms with E-state index in [-0.39, 0.29) is 17.9 Å². The van der Waals surface area contributed by atoms with Gasteiger partial charge in [-0.1, -0.05) is 12.1 Å². The fourth-order valence-corrected chi connectivity index (χ4v) is 2.41. The first-order valence-electron chi connectivity index (χ1n) is 7.56. The minimum atomic E-state index is -0.418. The highest BCUT2D eigenvalue weighted by Gasteiger charge is 2.16. The number of carbonyl (C=O) groups excluding carboxylic acids is 1. The summed E-state index contributed by atoms with van der Waals surface area (Å²) in [6.45, 7) is 1.18. The molecule has 2 amide bonds. The molecule has 0 bridgehead atoms. The normalized spacial score (nSPS) is 17.7. The maximum atomic E-state index is 13.7. The second-order valence-corrected chi connectivity index (χ2v) is 5.31. The molecule has 0 saturated carbocycles. The largest absolute Gasteiger partial charge is 0.376 e. The van der Waals surface area contributed by atoms with Crippen LogP contribution in [0.5, 0.6) is 0 Å². The molecule has 3 N–H and O–H groups in total. The van der Waals surface area contributed by atoms with Gasteiger partial charge in [-0.3, -0.25) is 10.4 Å². The van der Waals surface area contributed by atoms with E-state index in [9.17, 15) is 9.18 Å². The minimum Gasteiger partial charge on any atom is -0.376 e. The molecule has 1 saturated heterocycles. The molecule has 122 valence electrons. The number of rotatable bonds is 4. The standard InChI is InChI=1S/C15H18FN5O2/c16-12-7-2-1-6-11(12)13-18-14(21-20-13)19-15(22)17-9-10-5-3-4-8-23-10/h1-2,6-7,10H,3-5,8-9H2,(H3,17,18,19,20,21,22). The summed E-state index contributed by atoms with van der Waals surface area (Å²) in [7, 11) is 0. The van der Waals surface area contributed by atoms with Gasteiger partial charge in [-0.2, -0.15) is 4.98 Å². The fraction of sp³-hybridized carbons (Fsp3) is 0.400. The van der Waals surface area contributed by atoms with Gasteiger partial charge < -0.3 is 10.1 Å². The number of nitrogens with one attached hydrogen (secondary N) is 3. The number of ether oxygens (including phenoxy) is 1. The van der Waals surface area contributed by atoms with Gasteiger partial charge >= 0.3 is 6.03 Å². The van der Waals surface area contributed by atoms with Crippen LogP contribution in [0.3, 0.4) is 0 Å².